The van der Waals surface area contributed by atoms with E-state index >= 15 is 0 Å². The van der Waals surface area contributed by atoms with Crippen LogP contribution < -0.4 is 0 Å². The minimum Gasteiger partial charge on any atom is -0.308 e. The highest BCUT2D eigenvalue weighted by Gasteiger charge is 1.93. The topological polar surface area (TPSA) is 40.9 Å². The second-order valence-corrected chi connectivity index (χ2v) is 1.89. The Morgan fingerprint density at radius 3 is 2.20 bits per heavy atom. The SMILES string of the molecule is N=Cc1ccccc1C=O. The van der Waals surface area contributed by atoms with Gasteiger partial charge in [-0.15, -0.1) is 0 Å². The van der Waals surface area contributed by atoms with Crippen molar-refractivity contribution in [2.24, 2.45) is 0 Å². The largest absolute Gasteiger partial charge is 0.308 e. The molecule has 0 aliphatic rings. The Morgan fingerprint density at radius 2 is 1.80 bits per heavy atom. The van der Waals surface area contributed by atoms with E-state index in [-0.39, 0.29) is 0 Å². The Kier molecular flexibility index (Phi) is 1.95. The van der Waals surface area contributed by atoms with Crippen LogP contribution in [0.25, 0.3) is 0 Å². The standard InChI is InChI=1S/C8H7NO/c9-5-7-3-1-2-4-8(7)6-10/h1-6,9H. The molecule has 2 nitrogen and oxygen atoms in total. The number of aldehydes is 1. The Morgan fingerprint density at radius 1 is 1.20 bits per heavy atom. The number of hydrogen-bond acceptors (Lipinski definition) is 2. The molecule has 0 unspecified atom stereocenters. The monoisotopic (exact) mass is 133 g/mol. The molecule has 50 valence electrons. The number of nitrogens with one attached hydrogen (secondary N) is 1. The first-order valence-electron chi connectivity index (χ1n) is 2.93. The van der Waals surface area contributed by atoms with Crippen LogP contribution in [-0.4, -0.2) is 12.5 Å². The minimum absolute atomic E-state index is 0.567. The minimum atomic E-state index is 0.567. The fraction of sp³-hybridized carbons (Fsp3) is 0. The van der Waals surface area contributed by atoms with Crippen molar-refractivity contribution in [3.05, 3.63) is 35.4 Å². The molecule has 1 aromatic carbocycles. The van der Waals surface area contributed by atoms with Crippen molar-refractivity contribution in [2.75, 3.05) is 0 Å². The van der Waals surface area contributed by atoms with Crippen LogP contribution >= 0.6 is 0 Å². The Balaban J connectivity index is 3.20. The van der Waals surface area contributed by atoms with E-state index in [0.29, 0.717) is 11.1 Å². The van der Waals surface area contributed by atoms with Crippen LogP contribution in [0.1, 0.15) is 15.9 Å². The average molecular weight is 133 g/mol. The summed E-state index contributed by atoms with van der Waals surface area (Å²) < 4.78 is 0. The maximum atomic E-state index is 10.3. The van der Waals surface area contributed by atoms with Gasteiger partial charge in [-0.1, -0.05) is 24.3 Å². The van der Waals surface area contributed by atoms with Gasteiger partial charge in [-0.05, 0) is 0 Å². The molecule has 0 heterocycles. The summed E-state index contributed by atoms with van der Waals surface area (Å²) in [6, 6.07) is 6.99. The van der Waals surface area contributed by atoms with Crippen LogP contribution in [0.15, 0.2) is 24.3 Å². The first kappa shape index (κ1) is 6.68. The van der Waals surface area contributed by atoms with Gasteiger partial charge < -0.3 is 5.41 Å². The predicted octanol–water partition coefficient (Wildman–Crippen LogP) is 1.50. The molecule has 1 rings (SSSR count). The molecule has 0 bridgehead atoms. The van der Waals surface area contributed by atoms with Crippen LogP contribution in [-0.2, 0) is 0 Å². The van der Waals surface area contributed by atoms with Gasteiger partial charge in [0.1, 0.15) is 0 Å². The molecule has 10 heavy (non-hydrogen) atoms. The summed E-state index contributed by atoms with van der Waals surface area (Å²) in [5.74, 6) is 0. The van der Waals surface area contributed by atoms with Crippen molar-refractivity contribution in [1.29, 1.82) is 5.41 Å². The van der Waals surface area contributed by atoms with E-state index < -0.39 is 0 Å². The lowest BCUT2D eigenvalue weighted by Gasteiger charge is -1.93. The molecular formula is C8H7NO. The summed E-state index contributed by atoms with van der Waals surface area (Å²) in [4.78, 5) is 10.3. The molecule has 1 aromatic rings. The lowest BCUT2D eigenvalue weighted by atomic mass is 10.1. The van der Waals surface area contributed by atoms with Crippen molar-refractivity contribution in [1.82, 2.24) is 0 Å². The van der Waals surface area contributed by atoms with E-state index in [1.54, 1.807) is 24.3 Å². The van der Waals surface area contributed by atoms with Crippen molar-refractivity contribution >= 4 is 12.5 Å². The summed E-state index contributed by atoms with van der Waals surface area (Å²) in [5, 5.41) is 6.90. The fourth-order valence-corrected chi connectivity index (χ4v) is 0.750. The highest BCUT2D eigenvalue weighted by Crippen LogP contribution is 2.01. The molecule has 0 radical (unpaired) electrons. The number of hydrogen-bond donors (Lipinski definition) is 1. The van der Waals surface area contributed by atoms with E-state index in [1.807, 2.05) is 0 Å². The van der Waals surface area contributed by atoms with Gasteiger partial charge in [0.2, 0.25) is 0 Å². The molecule has 0 aliphatic heterocycles. The third kappa shape index (κ3) is 1.10. The molecular weight excluding hydrogens is 126 g/mol. The smallest absolute Gasteiger partial charge is 0.150 e. The van der Waals surface area contributed by atoms with E-state index in [9.17, 15) is 4.79 Å². The highest BCUT2D eigenvalue weighted by atomic mass is 16.1. The Bertz CT molecular complexity index is 228. The summed E-state index contributed by atoms with van der Waals surface area (Å²) in [6.45, 7) is 0. The molecule has 0 aliphatic carbocycles. The van der Waals surface area contributed by atoms with Gasteiger partial charge in [0, 0.05) is 17.3 Å². The number of rotatable bonds is 2. The quantitative estimate of drug-likeness (QED) is 0.482. The number of carbonyl (C=O) groups is 1. The predicted molar refractivity (Wildman–Crippen MR) is 39.7 cm³/mol. The van der Waals surface area contributed by atoms with Crippen molar-refractivity contribution in [2.45, 2.75) is 0 Å². The molecule has 0 fully saturated rings. The lowest BCUT2D eigenvalue weighted by Crippen LogP contribution is -1.87. The maximum Gasteiger partial charge on any atom is 0.150 e. The summed E-state index contributed by atoms with van der Waals surface area (Å²) >= 11 is 0. The molecule has 0 saturated carbocycles. The van der Waals surface area contributed by atoms with Gasteiger partial charge >= 0.3 is 0 Å². The third-order valence-corrected chi connectivity index (χ3v) is 1.28. The zero-order chi connectivity index (χ0) is 7.40. The van der Waals surface area contributed by atoms with Crippen LogP contribution in [0.4, 0.5) is 0 Å². The number of benzene rings is 1. The van der Waals surface area contributed by atoms with E-state index in [0.717, 1.165) is 6.29 Å². The van der Waals surface area contributed by atoms with Crippen LogP contribution in [0, 0.1) is 5.41 Å². The molecule has 0 atom stereocenters. The van der Waals surface area contributed by atoms with Crippen LogP contribution in [0.5, 0.6) is 0 Å². The van der Waals surface area contributed by atoms with Crippen molar-refractivity contribution < 1.29 is 4.79 Å². The normalized spacial score (nSPS) is 8.80. The molecule has 1 N–H and O–H groups in total. The first-order chi connectivity index (χ1) is 4.88. The third-order valence-electron chi connectivity index (χ3n) is 1.28. The van der Waals surface area contributed by atoms with Gasteiger partial charge in [-0.25, -0.2) is 0 Å². The van der Waals surface area contributed by atoms with Crippen LogP contribution in [0.3, 0.4) is 0 Å². The van der Waals surface area contributed by atoms with Crippen molar-refractivity contribution in [3.8, 4) is 0 Å². The zero-order valence-electron chi connectivity index (χ0n) is 5.37. The Hall–Kier alpha value is -1.44. The second kappa shape index (κ2) is 2.92. The summed E-state index contributed by atoms with van der Waals surface area (Å²) in [7, 11) is 0. The lowest BCUT2D eigenvalue weighted by molar-refractivity contribution is 0.112. The summed E-state index contributed by atoms with van der Waals surface area (Å²) in [6.07, 6.45) is 1.92. The zero-order valence-corrected chi connectivity index (χ0v) is 5.37. The Labute approximate surface area is 59.0 Å². The van der Waals surface area contributed by atoms with Crippen LogP contribution in [0.2, 0.25) is 0 Å². The first-order valence-corrected chi connectivity index (χ1v) is 2.93. The fourth-order valence-electron chi connectivity index (χ4n) is 0.750. The van der Waals surface area contributed by atoms with Gasteiger partial charge in [0.25, 0.3) is 0 Å². The maximum absolute atomic E-state index is 10.3. The molecule has 0 saturated heterocycles. The van der Waals surface area contributed by atoms with E-state index in [4.69, 9.17) is 5.41 Å². The van der Waals surface area contributed by atoms with Gasteiger partial charge in [-0.3, -0.25) is 4.79 Å². The van der Waals surface area contributed by atoms with Gasteiger partial charge in [0.15, 0.2) is 6.29 Å². The molecule has 0 amide bonds. The van der Waals surface area contributed by atoms with E-state index in [1.165, 1.54) is 6.21 Å². The summed E-state index contributed by atoms with van der Waals surface area (Å²) in [5.41, 5.74) is 1.23. The van der Waals surface area contributed by atoms with E-state index in [2.05, 4.69) is 0 Å². The molecule has 2 heteroatoms. The highest BCUT2D eigenvalue weighted by molar-refractivity contribution is 5.90. The second-order valence-electron chi connectivity index (χ2n) is 1.89. The van der Waals surface area contributed by atoms with Crippen molar-refractivity contribution in [3.63, 3.8) is 0 Å². The average Bonchev–Trinajstić information content (AvgIpc) is 2.04. The number of carbonyl (C=O) groups excluding carboxylic acids is 1. The van der Waals surface area contributed by atoms with Gasteiger partial charge in [-0.2, -0.15) is 0 Å². The molecule has 0 aromatic heterocycles. The molecule has 0 spiro atoms. The van der Waals surface area contributed by atoms with Gasteiger partial charge in [0.05, 0.1) is 0 Å².